The second kappa shape index (κ2) is 12.7. The smallest absolute Gasteiger partial charge is 0.357 e. The van der Waals surface area contributed by atoms with E-state index in [4.69, 9.17) is 14.9 Å². The average Bonchev–Trinajstić information content (AvgIpc) is 2.86. The van der Waals surface area contributed by atoms with Crippen LogP contribution < -0.4 is 5.32 Å². The minimum atomic E-state index is -0.465. The van der Waals surface area contributed by atoms with Crippen LogP contribution in [-0.2, 0) is 16.0 Å². The third-order valence-electron chi connectivity index (χ3n) is 7.37. The van der Waals surface area contributed by atoms with E-state index in [0.29, 0.717) is 17.4 Å². The van der Waals surface area contributed by atoms with Crippen molar-refractivity contribution in [1.29, 1.82) is 5.41 Å². The molecule has 1 aromatic carbocycles. The van der Waals surface area contributed by atoms with Crippen molar-refractivity contribution in [1.82, 2.24) is 14.8 Å². The molecule has 0 unspecified atom stereocenters. The number of benzene rings is 1. The van der Waals surface area contributed by atoms with Gasteiger partial charge in [-0.2, -0.15) is 0 Å². The molecule has 0 radical (unpaired) electrons. The highest BCUT2D eigenvalue weighted by Crippen LogP contribution is 2.33. The van der Waals surface area contributed by atoms with Gasteiger partial charge in [0.2, 0.25) is 5.90 Å². The number of anilines is 1. The number of likely N-dealkylation sites (tertiary alicyclic amines) is 1. The molecular weight excluding hydrogens is 478 g/mol. The molecule has 0 amide bonds. The van der Waals surface area contributed by atoms with Gasteiger partial charge in [0.05, 0.1) is 18.3 Å². The van der Waals surface area contributed by atoms with E-state index < -0.39 is 5.97 Å². The van der Waals surface area contributed by atoms with Crippen molar-refractivity contribution in [2.45, 2.75) is 77.6 Å². The minimum Gasteiger partial charge on any atom is -0.475 e. The van der Waals surface area contributed by atoms with Crippen LogP contribution in [0.2, 0.25) is 0 Å². The number of nitrogens with zero attached hydrogens (tertiary/aromatic N) is 3. The maximum Gasteiger partial charge on any atom is 0.357 e. The monoisotopic (exact) mass is 521 g/mol. The third-order valence-corrected chi connectivity index (χ3v) is 7.37. The summed E-state index contributed by atoms with van der Waals surface area (Å²) in [6, 6.07) is 11.0. The Bertz CT molecular complexity index is 1100. The SMILES string of the molecule is CCOC(=O)c1cc(-c2ccc(CN3CC(N(C)C)C3)cc2)c(C(=N)OC(C)C)c(NC2CCCCC2)n1. The summed E-state index contributed by atoms with van der Waals surface area (Å²) < 4.78 is 11.2. The van der Waals surface area contributed by atoms with Crippen molar-refractivity contribution in [3.05, 3.63) is 47.2 Å². The maximum absolute atomic E-state index is 12.8. The molecule has 1 aliphatic heterocycles. The largest absolute Gasteiger partial charge is 0.475 e. The second-order valence-electron chi connectivity index (χ2n) is 11.0. The van der Waals surface area contributed by atoms with Gasteiger partial charge in [-0.1, -0.05) is 43.5 Å². The van der Waals surface area contributed by atoms with E-state index in [1.807, 2.05) is 13.8 Å². The molecule has 8 nitrogen and oxygen atoms in total. The van der Waals surface area contributed by atoms with Crippen LogP contribution in [0.4, 0.5) is 5.82 Å². The number of rotatable bonds is 10. The molecule has 1 aliphatic carbocycles. The van der Waals surface area contributed by atoms with Gasteiger partial charge in [0.1, 0.15) is 5.82 Å². The first-order chi connectivity index (χ1) is 18.2. The van der Waals surface area contributed by atoms with E-state index in [0.717, 1.165) is 56.4 Å². The number of nitrogens with one attached hydrogen (secondary N) is 2. The first kappa shape index (κ1) is 28.0. The maximum atomic E-state index is 12.8. The van der Waals surface area contributed by atoms with Crippen molar-refractivity contribution in [3.63, 3.8) is 0 Å². The number of carbonyl (C=O) groups excluding carboxylic acids is 1. The molecule has 8 heteroatoms. The van der Waals surface area contributed by atoms with Crippen LogP contribution >= 0.6 is 0 Å². The quantitative estimate of drug-likeness (QED) is 0.253. The average molecular weight is 522 g/mol. The first-order valence-corrected chi connectivity index (χ1v) is 14.0. The highest BCUT2D eigenvalue weighted by Gasteiger charge is 2.28. The fourth-order valence-corrected chi connectivity index (χ4v) is 5.20. The lowest BCUT2D eigenvalue weighted by Crippen LogP contribution is -2.56. The van der Waals surface area contributed by atoms with Crippen LogP contribution in [0.5, 0.6) is 0 Å². The Morgan fingerprint density at radius 3 is 2.45 bits per heavy atom. The number of hydrogen-bond acceptors (Lipinski definition) is 8. The Morgan fingerprint density at radius 2 is 1.84 bits per heavy atom. The van der Waals surface area contributed by atoms with E-state index >= 15 is 0 Å². The fraction of sp³-hybridized carbons (Fsp3) is 0.567. The third kappa shape index (κ3) is 6.91. The predicted molar refractivity (Wildman–Crippen MR) is 152 cm³/mol. The van der Waals surface area contributed by atoms with Crippen molar-refractivity contribution >= 4 is 17.7 Å². The standard InChI is InChI=1S/C30H43N5O3/c1-6-37-30(36)26-16-25(22-14-12-21(13-15-22)17-35-18-24(19-35)34(4)5)27(28(31)38-20(2)3)29(33-26)32-23-10-8-7-9-11-23/h12-16,20,23-24,31H,6-11,17-19H2,1-5H3,(H,32,33). The van der Waals surface area contributed by atoms with E-state index in [2.05, 4.69) is 58.5 Å². The molecule has 1 saturated heterocycles. The van der Waals surface area contributed by atoms with Crippen molar-refractivity contribution in [2.75, 3.05) is 39.1 Å². The Hall–Kier alpha value is -2.97. The van der Waals surface area contributed by atoms with Gasteiger partial charge in [0.25, 0.3) is 0 Å². The van der Waals surface area contributed by atoms with Crippen LogP contribution in [0.25, 0.3) is 11.1 Å². The summed E-state index contributed by atoms with van der Waals surface area (Å²) in [6.45, 7) is 8.94. The molecule has 2 N–H and O–H groups in total. The zero-order chi connectivity index (χ0) is 27.2. The first-order valence-electron chi connectivity index (χ1n) is 14.0. The lowest BCUT2D eigenvalue weighted by molar-refractivity contribution is 0.0519. The molecule has 0 atom stereocenters. The molecule has 2 aromatic rings. The summed E-state index contributed by atoms with van der Waals surface area (Å²) in [4.78, 5) is 22.2. The highest BCUT2D eigenvalue weighted by atomic mass is 16.5. The summed E-state index contributed by atoms with van der Waals surface area (Å²) in [7, 11) is 4.26. The van der Waals surface area contributed by atoms with Gasteiger partial charge in [-0.05, 0) is 64.9 Å². The number of esters is 1. The minimum absolute atomic E-state index is 0.0515. The van der Waals surface area contributed by atoms with Crippen LogP contribution in [0.1, 0.15) is 74.5 Å². The van der Waals surface area contributed by atoms with Gasteiger partial charge in [-0.3, -0.25) is 10.3 Å². The van der Waals surface area contributed by atoms with Crippen LogP contribution in [0.3, 0.4) is 0 Å². The Morgan fingerprint density at radius 1 is 1.16 bits per heavy atom. The van der Waals surface area contributed by atoms with Gasteiger partial charge >= 0.3 is 5.97 Å². The molecule has 2 fully saturated rings. The molecular formula is C30H43N5O3. The number of carbonyl (C=O) groups is 1. The summed E-state index contributed by atoms with van der Waals surface area (Å²) >= 11 is 0. The molecule has 2 aliphatic rings. The normalized spacial score (nSPS) is 16.9. The Labute approximate surface area is 227 Å². The number of hydrogen-bond donors (Lipinski definition) is 2. The predicted octanol–water partition coefficient (Wildman–Crippen LogP) is 5.17. The van der Waals surface area contributed by atoms with Crippen LogP contribution in [0, 0.1) is 5.41 Å². The van der Waals surface area contributed by atoms with E-state index in [-0.39, 0.29) is 30.3 Å². The van der Waals surface area contributed by atoms with Crippen LogP contribution in [0.15, 0.2) is 30.3 Å². The van der Waals surface area contributed by atoms with Gasteiger partial charge in [0, 0.05) is 37.3 Å². The van der Waals surface area contributed by atoms with E-state index in [9.17, 15) is 4.79 Å². The number of likely N-dealkylation sites (N-methyl/N-ethyl adjacent to an activating group) is 1. The zero-order valence-electron chi connectivity index (χ0n) is 23.5. The van der Waals surface area contributed by atoms with Crippen LogP contribution in [-0.4, -0.2) is 78.6 Å². The Balaban J connectivity index is 1.69. The molecule has 1 aromatic heterocycles. The number of aromatic nitrogens is 1. The molecule has 1 saturated carbocycles. The fourth-order valence-electron chi connectivity index (χ4n) is 5.20. The summed E-state index contributed by atoms with van der Waals surface area (Å²) in [5, 5.41) is 12.4. The van der Waals surface area contributed by atoms with Gasteiger partial charge < -0.3 is 19.7 Å². The molecule has 2 heterocycles. The van der Waals surface area contributed by atoms with E-state index in [1.54, 1.807) is 13.0 Å². The zero-order valence-corrected chi connectivity index (χ0v) is 23.5. The summed E-state index contributed by atoms with van der Waals surface area (Å²) in [6.07, 6.45) is 5.47. The van der Waals surface area contributed by atoms with Gasteiger partial charge in [-0.25, -0.2) is 9.78 Å². The molecule has 206 valence electrons. The molecule has 4 rings (SSSR count). The topological polar surface area (TPSA) is 90.8 Å². The lowest BCUT2D eigenvalue weighted by Gasteiger charge is -2.42. The summed E-state index contributed by atoms with van der Waals surface area (Å²) in [5.41, 5.74) is 3.72. The number of pyridine rings is 1. The van der Waals surface area contributed by atoms with E-state index in [1.165, 1.54) is 12.0 Å². The summed E-state index contributed by atoms with van der Waals surface area (Å²) in [5.74, 6) is 0.103. The Kier molecular flexibility index (Phi) is 9.39. The molecule has 0 bridgehead atoms. The second-order valence-corrected chi connectivity index (χ2v) is 11.0. The van der Waals surface area contributed by atoms with Crippen molar-refractivity contribution in [2.24, 2.45) is 0 Å². The van der Waals surface area contributed by atoms with Crippen molar-refractivity contribution < 1.29 is 14.3 Å². The molecule has 0 spiro atoms. The van der Waals surface area contributed by atoms with Gasteiger partial charge in [0.15, 0.2) is 5.69 Å². The lowest BCUT2D eigenvalue weighted by atomic mass is 9.94. The van der Waals surface area contributed by atoms with Gasteiger partial charge in [-0.15, -0.1) is 0 Å². The van der Waals surface area contributed by atoms with Crippen molar-refractivity contribution in [3.8, 4) is 11.1 Å². The highest BCUT2D eigenvalue weighted by molar-refractivity contribution is 6.05. The molecule has 38 heavy (non-hydrogen) atoms. The number of ether oxygens (including phenoxy) is 2.